The van der Waals surface area contributed by atoms with Crippen molar-refractivity contribution >= 4 is 37.9 Å². The lowest BCUT2D eigenvalue weighted by atomic mass is 10.3. The standard InChI is InChI=1S/C8H7Br2N/c1-6-2-3-7(11-5-6)4-8(9)10/h2-5H,1H3. The van der Waals surface area contributed by atoms with Gasteiger partial charge in [0.2, 0.25) is 0 Å². The highest BCUT2D eigenvalue weighted by molar-refractivity contribution is 9.28. The van der Waals surface area contributed by atoms with E-state index in [1.165, 1.54) is 5.56 Å². The molecule has 0 spiro atoms. The fourth-order valence-corrected chi connectivity index (χ4v) is 1.15. The lowest BCUT2D eigenvalue weighted by molar-refractivity contribution is 1.24. The average molecular weight is 277 g/mol. The minimum absolute atomic E-state index is 0.904. The lowest BCUT2D eigenvalue weighted by Crippen LogP contribution is -1.80. The van der Waals surface area contributed by atoms with Gasteiger partial charge in [-0.05, 0) is 56.5 Å². The van der Waals surface area contributed by atoms with Gasteiger partial charge in [0.05, 0.1) is 9.09 Å². The number of hydrogen-bond acceptors (Lipinski definition) is 1. The van der Waals surface area contributed by atoms with Crippen molar-refractivity contribution in [1.82, 2.24) is 4.98 Å². The molecule has 0 radical (unpaired) electrons. The van der Waals surface area contributed by atoms with E-state index in [0.717, 1.165) is 9.09 Å². The number of rotatable bonds is 1. The first-order valence-electron chi connectivity index (χ1n) is 3.14. The molecule has 0 atom stereocenters. The summed E-state index contributed by atoms with van der Waals surface area (Å²) in [6.45, 7) is 2.02. The lowest BCUT2D eigenvalue weighted by Gasteiger charge is -1.92. The van der Waals surface area contributed by atoms with E-state index in [1.54, 1.807) is 0 Å². The molecule has 1 rings (SSSR count). The molecule has 0 saturated heterocycles. The van der Waals surface area contributed by atoms with Crippen LogP contribution < -0.4 is 0 Å². The third kappa shape index (κ3) is 3.16. The third-order valence-electron chi connectivity index (χ3n) is 1.19. The van der Waals surface area contributed by atoms with E-state index in [1.807, 2.05) is 31.3 Å². The Morgan fingerprint density at radius 1 is 1.45 bits per heavy atom. The molecule has 0 aliphatic rings. The first-order valence-corrected chi connectivity index (χ1v) is 4.72. The minimum Gasteiger partial charge on any atom is -0.257 e. The molecule has 0 aliphatic heterocycles. The fraction of sp³-hybridized carbons (Fsp3) is 0.125. The van der Waals surface area contributed by atoms with E-state index >= 15 is 0 Å². The Balaban J connectivity index is 2.91. The summed E-state index contributed by atoms with van der Waals surface area (Å²) in [5.41, 5.74) is 2.12. The number of aromatic nitrogens is 1. The predicted molar refractivity (Wildman–Crippen MR) is 54.8 cm³/mol. The minimum atomic E-state index is 0.904. The molecule has 1 aromatic heterocycles. The van der Waals surface area contributed by atoms with Gasteiger partial charge in [0.15, 0.2) is 0 Å². The van der Waals surface area contributed by atoms with E-state index < -0.39 is 0 Å². The van der Waals surface area contributed by atoms with Crippen LogP contribution in [-0.2, 0) is 0 Å². The maximum Gasteiger partial charge on any atom is 0.0646 e. The highest BCUT2D eigenvalue weighted by Gasteiger charge is 1.89. The summed E-state index contributed by atoms with van der Waals surface area (Å²) >= 11 is 6.53. The van der Waals surface area contributed by atoms with Crippen LogP contribution in [0.2, 0.25) is 0 Å². The molecular weight excluding hydrogens is 270 g/mol. The highest BCUT2D eigenvalue weighted by atomic mass is 79.9. The van der Waals surface area contributed by atoms with Gasteiger partial charge >= 0.3 is 0 Å². The van der Waals surface area contributed by atoms with Crippen LogP contribution in [0.1, 0.15) is 11.3 Å². The smallest absolute Gasteiger partial charge is 0.0646 e. The topological polar surface area (TPSA) is 12.9 Å². The molecule has 0 aliphatic carbocycles. The van der Waals surface area contributed by atoms with E-state index in [0.29, 0.717) is 0 Å². The second-order valence-electron chi connectivity index (χ2n) is 2.19. The van der Waals surface area contributed by atoms with Gasteiger partial charge < -0.3 is 0 Å². The maximum absolute atomic E-state index is 4.18. The summed E-state index contributed by atoms with van der Waals surface area (Å²) in [6.07, 6.45) is 3.74. The number of hydrogen-bond donors (Lipinski definition) is 0. The quantitative estimate of drug-likeness (QED) is 0.765. The van der Waals surface area contributed by atoms with Crippen LogP contribution in [0.3, 0.4) is 0 Å². The van der Waals surface area contributed by atoms with Gasteiger partial charge in [-0.25, -0.2) is 0 Å². The fourth-order valence-electron chi connectivity index (χ4n) is 0.676. The van der Waals surface area contributed by atoms with Gasteiger partial charge in [0, 0.05) is 6.20 Å². The molecule has 1 heterocycles. The predicted octanol–water partition coefficient (Wildman–Crippen LogP) is 3.48. The molecule has 0 bridgehead atoms. The Kier molecular flexibility index (Phi) is 3.27. The Labute approximate surface area is 82.8 Å². The maximum atomic E-state index is 4.18. The van der Waals surface area contributed by atoms with Crippen molar-refractivity contribution in [3.63, 3.8) is 0 Å². The van der Waals surface area contributed by atoms with Crippen LogP contribution in [-0.4, -0.2) is 4.98 Å². The molecule has 58 valence electrons. The number of pyridine rings is 1. The Bertz CT molecular complexity index is 260. The summed E-state index contributed by atoms with van der Waals surface area (Å²) < 4.78 is 0.904. The Hall–Kier alpha value is -0.150. The molecule has 0 aromatic carbocycles. The molecule has 3 heteroatoms. The zero-order chi connectivity index (χ0) is 8.27. The van der Waals surface area contributed by atoms with Gasteiger partial charge in [-0.3, -0.25) is 4.98 Å². The van der Waals surface area contributed by atoms with Gasteiger partial charge in [-0.2, -0.15) is 0 Å². The normalized spacial score (nSPS) is 9.36. The van der Waals surface area contributed by atoms with E-state index in [4.69, 9.17) is 0 Å². The number of aryl methyl sites for hydroxylation is 1. The largest absolute Gasteiger partial charge is 0.257 e. The summed E-state index contributed by atoms with van der Waals surface area (Å²) in [4.78, 5) is 4.18. The van der Waals surface area contributed by atoms with Crippen LogP contribution in [0, 0.1) is 6.92 Å². The summed E-state index contributed by atoms with van der Waals surface area (Å²) in [5.74, 6) is 0. The second kappa shape index (κ2) is 4.02. The average Bonchev–Trinajstić information content (AvgIpc) is 1.93. The first-order chi connectivity index (χ1) is 5.18. The van der Waals surface area contributed by atoms with E-state index in [9.17, 15) is 0 Å². The van der Waals surface area contributed by atoms with Crippen molar-refractivity contribution < 1.29 is 0 Å². The van der Waals surface area contributed by atoms with Gasteiger partial charge in [-0.1, -0.05) is 6.07 Å². The van der Waals surface area contributed by atoms with Crippen molar-refractivity contribution in [2.45, 2.75) is 6.92 Å². The Morgan fingerprint density at radius 3 is 2.64 bits per heavy atom. The molecule has 1 nitrogen and oxygen atoms in total. The van der Waals surface area contributed by atoms with Gasteiger partial charge in [-0.15, -0.1) is 0 Å². The second-order valence-corrected chi connectivity index (χ2v) is 4.97. The van der Waals surface area contributed by atoms with Gasteiger partial charge in [0.25, 0.3) is 0 Å². The molecule has 0 N–H and O–H groups in total. The van der Waals surface area contributed by atoms with Crippen molar-refractivity contribution in [3.8, 4) is 0 Å². The van der Waals surface area contributed by atoms with Crippen molar-refractivity contribution in [2.24, 2.45) is 0 Å². The van der Waals surface area contributed by atoms with Crippen LogP contribution in [0.25, 0.3) is 6.08 Å². The van der Waals surface area contributed by atoms with Crippen molar-refractivity contribution in [1.29, 1.82) is 0 Å². The SMILES string of the molecule is Cc1ccc(C=C(Br)Br)nc1. The Morgan fingerprint density at radius 2 is 2.18 bits per heavy atom. The molecule has 11 heavy (non-hydrogen) atoms. The van der Waals surface area contributed by atoms with Crippen LogP contribution in [0.15, 0.2) is 21.7 Å². The van der Waals surface area contributed by atoms with Crippen LogP contribution >= 0.6 is 31.9 Å². The third-order valence-corrected chi connectivity index (χ3v) is 1.65. The molecule has 0 saturated carbocycles. The highest BCUT2D eigenvalue weighted by Crippen LogP contribution is 2.16. The molecule has 1 aromatic rings. The van der Waals surface area contributed by atoms with Crippen molar-refractivity contribution in [3.05, 3.63) is 33.0 Å². The number of nitrogens with zero attached hydrogens (tertiary/aromatic N) is 1. The summed E-state index contributed by atoms with van der Waals surface area (Å²) in [6, 6.07) is 4.00. The molecule has 0 fully saturated rings. The van der Waals surface area contributed by atoms with Crippen LogP contribution in [0.4, 0.5) is 0 Å². The molecule has 0 amide bonds. The summed E-state index contributed by atoms with van der Waals surface area (Å²) in [7, 11) is 0. The van der Waals surface area contributed by atoms with E-state index in [-0.39, 0.29) is 0 Å². The van der Waals surface area contributed by atoms with Gasteiger partial charge in [0.1, 0.15) is 0 Å². The summed E-state index contributed by atoms with van der Waals surface area (Å²) in [5, 5.41) is 0. The monoisotopic (exact) mass is 275 g/mol. The van der Waals surface area contributed by atoms with Crippen molar-refractivity contribution in [2.75, 3.05) is 0 Å². The molecule has 0 unspecified atom stereocenters. The number of halogens is 2. The van der Waals surface area contributed by atoms with E-state index in [2.05, 4.69) is 36.8 Å². The zero-order valence-electron chi connectivity index (χ0n) is 6.01. The first kappa shape index (κ1) is 8.94. The zero-order valence-corrected chi connectivity index (χ0v) is 9.18. The molecular formula is C8H7Br2N. The van der Waals surface area contributed by atoms with Crippen LogP contribution in [0.5, 0.6) is 0 Å².